The second-order valence-electron chi connectivity index (χ2n) is 4.22. The predicted octanol–water partition coefficient (Wildman–Crippen LogP) is 2.84. The molecule has 2 rings (SSSR count). The minimum absolute atomic E-state index is 0.0920. The summed E-state index contributed by atoms with van der Waals surface area (Å²) in [5, 5.41) is 0.334. The van der Waals surface area contributed by atoms with E-state index in [0.717, 1.165) is 0 Å². The lowest BCUT2D eigenvalue weighted by Gasteiger charge is -2.09. The molecule has 2 aromatic rings. The Kier molecular flexibility index (Phi) is 4.55. The van der Waals surface area contributed by atoms with Crippen LogP contribution in [0.25, 0.3) is 0 Å². The quantitative estimate of drug-likeness (QED) is 0.864. The van der Waals surface area contributed by atoms with Gasteiger partial charge in [-0.25, -0.2) is 4.39 Å². The summed E-state index contributed by atoms with van der Waals surface area (Å²) in [7, 11) is 0. The highest BCUT2D eigenvalue weighted by atomic mass is 35.5. The molecule has 0 unspecified atom stereocenters. The van der Waals surface area contributed by atoms with Gasteiger partial charge >= 0.3 is 0 Å². The Morgan fingerprint density at radius 3 is 2.43 bits per heavy atom. The van der Waals surface area contributed by atoms with Crippen molar-refractivity contribution in [2.45, 2.75) is 0 Å². The Hall–Kier alpha value is -2.40. The molecular formula is C15H11ClFNO3. The van der Waals surface area contributed by atoms with Crippen molar-refractivity contribution in [3.05, 3.63) is 64.4 Å². The van der Waals surface area contributed by atoms with Gasteiger partial charge in [-0.05, 0) is 42.5 Å². The highest BCUT2D eigenvalue weighted by molar-refractivity contribution is 6.31. The van der Waals surface area contributed by atoms with Crippen LogP contribution in [0.15, 0.2) is 42.5 Å². The first kappa shape index (κ1) is 15.0. The van der Waals surface area contributed by atoms with Crippen LogP contribution in [0, 0.1) is 5.82 Å². The van der Waals surface area contributed by atoms with E-state index in [4.69, 9.17) is 22.1 Å². The molecule has 108 valence electrons. The summed E-state index contributed by atoms with van der Waals surface area (Å²) in [6.07, 6.45) is 0. The van der Waals surface area contributed by atoms with Crippen LogP contribution in [0.1, 0.15) is 20.7 Å². The van der Waals surface area contributed by atoms with Gasteiger partial charge in [0.2, 0.25) is 0 Å². The van der Waals surface area contributed by atoms with E-state index in [1.807, 2.05) is 0 Å². The summed E-state index contributed by atoms with van der Waals surface area (Å²) >= 11 is 5.77. The molecular weight excluding hydrogens is 297 g/mol. The normalized spacial score (nSPS) is 10.2. The molecule has 21 heavy (non-hydrogen) atoms. The Labute approximate surface area is 125 Å². The first-order chi connectivity index (χ1) is 9.97. The molecule has 0 aromatic heterocycles. The number of nitrogens with two attached hydrogens (primary N) is 1. The topological polar surface area (TPSA) is 69.4 Å². The highest BCUT2D eigenvalue weighted by Crippen LogP contribution is 2.22. The number of hydrogen-bond acceptors (Lipinski definition) is 3. The predicted molar refractivity (Wildman–Crippen MR) is 76.2 cm³/mol. The van der Waals surface area contributed by atoms with Crippen LogP contribution >= 0.6 is 11.6 Å². The van der Waals surface area contributed by atoms with Crippen LogP contribution in [0.3, 0.4) is 0 Å². The van der Waals surface area contributed by atoms with Crippen LogP contribution in [-0.2, 0) is 0 Å². The molecule has 0 bridgehead atoms. The molecule has 0 spiro atoms. The maximum Gasteiger partial charge on any atom is 0.252 e. The Bertz CT molecular complexity index is 686. The minimum Gasteiger partial charge on any atom is -0.485 e. The summed E-state index contributed by atoms with van der Waals surface area (Å²) in [6, 6.07) is 9.43. The zero-order valence-electron chi connectivity index (χ0n) is 10.8. The average molecular weight is 308 g/mol. The molecule has 2 N–H and O–H groups in total. The fourth-order valence-electron chi connectivity index (χ4n) is 1.68. The average Bonchev–Trinajstić information content (AvgIpc) is 2.46. The Balaban J connectivity index is 2.11. The van der Waals surface area contributed by atoms with Crippen molar-refractivity contribution in [1.29, 1.82) is 0 Å². The lowest BCUT2D eigenvalue weighted by atomic mass is 10.1. The van der Waals surface area contributed by atoms with Crippen molar-refractivity contribution in [2.24, 2.45) is 5.73 Å². The molecule has 0 fully saturated rings. The molecule has 6 heteroatoms. The maximum atomic E-state index is 12.8. The van der Waals surface area contributed by atoms with Crippen LogP contribution in [0.4, 0.5) is 4.39 Å². The van der Waals surface area contributed by atoms with Crippen molar-refractivity contribution in [3.8, 4) is 5.75 Å². The lowest BCUT2D eigenvalue weighted by Crippen LogP contribution is -2.16. The van der Waals surface area contributed by atoms with Crippen molar-refractivity contribution in [3.63, 3.8) is 0 Å². The summed E-state index contributed by atoms with van der Waals surface area (Å²) in [4.78, 5) is 23.2. The van der Waals surface area contributed by atoms with E-state index in [0.29, 0.717) is 10.6 Å². The standard InChI is InChI=1S/C15H11ClFNO3/c16-10-3-6-14(12(7-10)15(18)20)21-8-13(19)9-1-4-11(17)5-2-9/h1-7H,8H2,(H2,18,20). The van der Waals surface area contributed by atoms with Gasteiger partial charge < -0.3 is 10.5 Å². The molecule has 0 radical (unpaired) electrons. The zero-order chi connectivity index (χ0) is 15.4. The molecule has 0 aliphatic rings. The Morgan fingerprint density at radius 2 is 1.81 bits per heavy atom. The maximum absolute atomic E-state index is 12.8. The van der Waals surface area contributed by atoms with Crippen molar-refractivity contribution in [2.75, 3.05) is 6.61 Å². The first-order valence-corrected chi connectivity index (χ1v) is 6.36. The van der Waals surface area contributed by atoms with Crippen molar-refractivity contribution >= 4 is 23.3 Å². The molecule has 0 aliphatic heterocycles. The highest BCUT2D eigenvalue weighted by Gasteiger charge is 2.13. The van der Waals surface area contributed by atoms with E-state index in [-0.39, 0.29) is 23.7 Å². The number of carbonyl (C=O) groups is 2. The molecule has 0 aliphatic carbocycles. The van der Waals surface area contributed by atoms with Gasteiger partial charge in [-0.3, -0.25) is 9.59 Å². The summed E-state index contributed by atoms with van der Waals surface area (Å²) in [5.41, 5.74) is 5.62. The minimum atomic E-state index is -0.707. The SMILES string of the molecule is NC(=O)c1cc(Cl)ccc1OCC(=O)c1ccc(F)cc1. The van der Waals surface area contributed by atoms with Gasteiger partial charge in [0.15, 0.2) is 12.4 Å². The van der Waals surface area contributed by atoms with Crippen molar-refractivity contribution in [1.82, 2.24) is 0 Å². The van der Waals surface area contributed by atoms with Gasteiger partial charge in [-0.15, -0.1) is 0 Å². The third kappa shape index (κ3) is 3.79. The van der Waals surface area contributed by atoms with E-state index in [1.165, 1.54) is 42.5 Å². The monoisotopic (exact) mass is 307 g/mol. The number of halogens is 2. The van der Waals surface area contributed by atoms with E-state index in [1.54, 1.807) is 0 Å². The largest absolute Gasteiger partial charge is 0.485 e. The number of hydrogen-bond donors (Lipinski definition) is 1. The van der Waals surface area contributed by atoms with E-state index < -0.39 is 11.7 Å². The van der Waals surface area contributed by atoms with E-state index in [9.17, 15) is 14.0 Å². The van der Waals surface area contributed by atoms with Crippen LogP contribution in [-0.4, -0.2) is 18.3 Å². The first-order valence-electron chi connectivity index (χ1n) is 5.98. The zero-order valence-corrected chi connectivity index (χ0v) is 11.6. The Morgan fingerprint density at radius 1 is 1.14 bits per heavy atom. The number of ketones is 1. The number of ether oxygens (including phenoxy) is 1. The van der Waals surface area contributed by atoms with E-state index >= 15 is 0 Å². The summed E-state index contributed by atoms with van der Waals surface area (Å²) < 4.78 is 18.1. The number of benzene rings is 2. The van der Waals surface area contributed by atoms with Gasteiger partial charge in [-0.2, -0.15) is 0 Å². The molecule has 1 amide bonds. The lowest BCUT2D eigenvalue weighted by molar-refractivity contribution is 0.0912. The molecule has 4 nitrogen and oxygen atoms in total. The third-order valence-corrected chi connectivity index (χ3v) is 2.97. The number of carbonyl (C=O) groups excluding carboxylic acids is 2. The summed E-state index contributed by atoms with van der Waals surface area (Å²) in [5.74, 6) is -1.31. The summed E-state index contributed by atoms with van der Waals surface area (Å²) in [6.45, 7) is -0.298. The molecule has 0 saturated heterocycles. The molecule has 0 heterocycles. The molecule has 0 atom stereocenters. The second kappa shape index (κ2) is 6.37. The number of primary amides is 1. The molecule has 0 saturated carbocycles. The third-order valence-electron chi connectivity index (χ3n) is 2.73. The second-order valence-corrected chi connectivity index (χ2v) is 4.66. The fourth-order valence-corrected chi connectivity index (χ4v) is 1.86. The number of rotatable bonds is 5. The van der Waals surface area contributed by atoms with Crippen LogP contribution < -0.4 is 10.5 Å². The number of amides is 1. The molecule has 2 aromatic carbocycles. The van der Waals surface area contributed by atoms with Gasteiger partial charge in [0.1, 0.15) is 11.6 Å². The van der Waals surface area contributed by atoms with Crippen molar-refractivity contribution < 1.29 is 18.7 Å². The van der Waals surface area contributed by atoms with Gasteiger partial charge in [-0.1, -0.05) is 11.6 Å². The number of Topliss-reactive ketones (excluding diaryl/α,β-unsaturated/α-hetero) is 1. The van der Waals surface area contributed by atoms with Gasteiger partial charge in [0.05, 0.1) is 5.56 Å². The van der Waals surface area contributed by atoms with Gasteiger partial charge in [0, 0.05) is 10.6 Å². The smallest absolute Gasteiger partial charge is 0.252 e. The van der Waals surface area contributed by atoms with E-state index in [2.05, 4.69) is 0 Å². The fraction of sp³-hybridized carbons (Fsp3) is 0.0667. The van der Waals surface area contributed by atoms with Crippen LogP contribution in [0.5, 0.6) is 5.75 Å². The van der Waals surface area contributed by atoms with Crippen LogP contribution in [0.2, 0.25) is 5.02 Å². The van der Waals surface area contributed by atoms with Gasteiger partial charge in [0.25, 0.3) is 5.91 Å².